The number of pyridine rings is 1. The summed E-state index contributed by atoms with van der Waals surface area (Å²) in [6, 6.07) is 3.45. The Morgan fingerprint density at radius 3 is 2.86 bits per heavy atom. The van der Waals surface area contributed by atoms with Gasteiger partial charge in [-0.2, -0.15) is 0 Å². The van der Waals surface area contributed by atoms with Gasteiger partial charge in [-0.15, -0.1) is 0 Å². The van der Waals surface area contributed by atoms with E-state index in [0.717, 1.165) is 0 Å². The van der Waals surface area contributed by atoms with E-state index in [2.05, 4.69) is 35.9 Å². The number of halogens is 3. The molecule has 0 aliphatic carbocycles. The van der Waals surface area contributed by atoms with Crippen LogP contribution in [0.1, 0.15) is 5.56 Å². The van der Waals surface area contributed by atoms with Gasteiger partial charge >= 0.3 is 0 Å². The molecule has 0 saturated heterocycles. The molecule has 0 radical (unpaired) electrons. The fourth-order valence-electron chi connectivity index (χ4n) is 1.91. The molecule has 0 aliphatic heterocycles. The molecule has 9 heteroatoms. The van der Waals surface area contributed by atoms with Crippen molar-refractivity contribution >= 4 is 38.6 Å². The highest BCUT2D eigenvalue weighted by Gasteiger charge is 2.13. The third kappa shape index (κ3) is 2.55. The van der Waals surface area contributed by atoms with Crippen LogP contribution >= 0.6 is 15.9 Å². The quantitative estimate of drug-likeness (QED) is 0.281. The largest absolute Gasteiger partial charge is 0.343 e. The fraction of sp³-hybridized carbons (Fsp3) is 0. The fourth-order valence-corrected chi connectivity index (χ4v) is 2.24. The molecule has 0 bridgehead atoms. The van der Waals surface area contributed by atoms with Crippen LogP contribution in [0, 0.1) is 11.6 Å². The minimum absolute atomic E-state index is 0.0333. The van der Waals surface area contributed by atoms with E-state index in [9.17, 15) is 14.0 Å². The van der Waals surface area contributed by atoms with Gasteiger partial charge in [0, 0.05) is 17.8 Å². The summed E-state index contributed by atoms with van der Waals surface area (Å²) in [5, 5.41) is 9.31. The van der Waals surface area contributed by atoms with Crippen molar-refractivity contribution in [1.82, 2.24) is 20.4 Å². The monoisotopic (exact) mass is 367 g/mol. The summed E-state index contributed by atoms with van der Waals surface area (Å²) in [6.07, 6.45) is 2.91. The predicted molar refractivity (Wildman–Crippen MR) is 79.1 cm³/mol. The zero-order chi connectivity index (χ0) is 15.7. The van der Waals surface area contributed by atoms with Crippen molar-refractivity contribution in [2.24, 2.45) is 4.99 Å². The molecule has 3 N–H and O–H groups in total. The molecule has 0 unspecified atom stereocenters. The van der Waals surface area contributed by atoms with E-state index >= 15 is 0 Å². The van der Waals surface area contributed by atoms with Crippen molar-refractivity contribution in [2.75, 3.05) is 0 Å². The molecular formula is C13H8BrF2N5O. The van der Waals surface area contributed by atoms with Crippen LogP contribution in [0.4, 0.5) is 14.5 Å². The number of rotatable bonds is 2. The third-order valence-electron chi connectivity index (χ3n) is 2.91. The van der Waals surface area contributed by atoms with Crippen LogP contribution in [-0.2, 0) is 0 Å². The molecule has 3 rings (SSSR count). The first-order chi connectivity index (χ1) is 10.6. The van der Waals surface area contributed by atoms with Gasteiger partial charge in [0.1, 0.15) is 11.5 Å². The van der Waals surface area contributed by atoms with Gasteiger partial charge in [-0.3, -0.25) is 10.7 Å². The lowest BCUT2D eigenvalue weighted by molar-refractivity contribution is 0.235. The minimum Gasteiger partial charge on any atom is -0.343 e. The smallest absolute Gasteiger partial charge is 0.178 e. The number of benzene rings is 1. The number of hydrogen-bond acceptors (Lipinski definition) is 4. The lowest BCUT2D eigenvalue weighted by Crippen LogP contribution is -2.20. The number of fused-ring (bicyclic) bond motifs is 1. The Balaban J connectivity index is 2.15. The second-order valence-electron chi connectivity index (χ2n) is 4.25. The molecule has 2 heterocycles. The van der Waals surface area contributed by atoms with Crippen LogP contribution in [0.2, 0.25) is 0 Å². The average Bonchev–Trinajstić information content (AvgIpc) is 2.98. The molecule has 0 amide bonds. The molecule has 0 fully saturated rings. The molecule has 3 aromatic rings. The standard InChI is InChI=1S/C13H8BrF2N5O/c14-7-3-10(9(16)4-8(7)15)20-12(21-22)6-1-2-17-13-11(6)18-5-19-13/h1-5,22H,(H,20,21)(H,17,18,19). The molecule has 112 valence electrons. The van der Waals surface area contributed by atoms with E-state index in [1.54, 1.807) is 6.07 Å². The number of aromatic amines is 1. The highest BCUT2D eigenvalue weighted by molar-refractivity contribution is 9.10. The number of aromatic nitrogens is 3. The molecule has 22 heavy (non-hydrogen) atoms. The highest BCUT2D eigenvalue weighted by atomic mass is 79.9. The molecule has 0 saturated carbocycles. The topological polar surface area (TPSA) is 86.2 Å². The summed E-state index contributed by atoms with van der Waals surface area (Å²) in [6.45, 7) is 0. The van der Waals surface area contributed by atoms with E-state index in [-0.39, 0.29) is 16.0 Å². The van der Waals surface area contributed by atoms with E-state index in [4.69, 9.17) is 0 Å². The Hall–Kier alpha value is -2.39. The first kappa shape index (κ1) is 14.5. The minimum atomic E-state index is -0.858. The van der Waals surface area contributed by atoms with Crippen molar-refractivity contribution in [1.29, 1.82) is 0 Å². The van der Waals surface area contributed by atoms with Crippen LogP contribution in [0.15, 0.2) is 40.2 Å². The van der Waals surface area contributed by atoms with Gasteiger partial charge in [0.25, 0.3) is 0 Å². The zero-order valence-corrected chi connectivity index (χ0v) is 12.4. The maximum atomic E-state index is 13.8. The van der Waals surface area contributed by atoms with Crippen molar-refractivity contribution in [2.45, 2.75) is 0 Å². The molecule has 0 spiro atoms. The van der Waals surface area contributed by atoms with E-state index in [0.29, 0.717) is 22.8 Å². The highest BCUT2D eigenvalue weighted by Crippen LogP contribution is 2.26. The van der Waals surface area contributed by atoms with Crippen molar-refractivity contribution in [3.05, 3.63) is 52.4 Å². The van der Waals surface area contributed by atoms with E-state index < -0.39 is 11.6 Å². The lowest BCUT2D eigenvalue weighted by atomic mass is 10.2. The lowest BCUT2D eigenvalue weighted by Gasteiger charge is -2.07. The second kappa shape index (κ2) is 5.78. The number of hydroxylamine groups is 1. The maximum absolute atomic E-state index is 13.8. The summed E-state index contributed by atoms with van der Waals surface area (Å²) >= 11 is 2.96. The van der Waals surface area contributed by atoms with Crippen LogP contribution in [0.3, 0.4) is 0 Å². The zero-order valence-electron chi connectivity index (χ0n) is 10.8. The molecule has 2 aromatic heterocycles. The Kier molecular flexibility index (Phi) is 3.82. The number of imidazole rings is 1. The number of aliphatic imine (C=N–C) groups is 1. The van der Waals surface area contributed by atoms with Crippen molar-refractivity contribution in [3.63, 3.8) is 0 Å². The van der Waals surface area contributed by atoms with Gasteiger partial charge in [-0.25, -0.2) is 23.7 Å². The van der Waals surface area contributed by atoms with Crippen LogP contribution < -0.4 is 5.48 Å². The second-order valence-corrected chi connectivity index (χ2v) is 5.10. The van der Waals surface area contributed by atoms with Crippen molar-refractivity contribution in [3.8, 4) is 0 Å². The molecular weight excluding hydrogens is 360 g/mol. The SMILES string of the molecule is ONC(=Nc1cc(Br)c(F)cc1F)c1ccnc2nc[nH]c12. The van der Waals surface area contributed by atoms with Gasteiger partial charge < -0.3 is 4.98 Å². The van der Waals surface area contributed by atoms with Crippen LogP contribution in [0.5, 0.6) is 0 Å². The molecule has 0 atom stereocenters. The van der Waals surface area contributed by atoms with Gasteiger partial charge in [0.2, 0.25) is 0 Å². The van der Waals surface area contributed by atoms with E-state index in [1.165, 1.54) is 18.6 Å². The summed E-state index contributed by atoms with van der Waals surface area (Å²) < 4.78 is 27.1. The van der Waals surface area contributed by atoms with E-state index in [1.807, 2.05) is 5.48 Å². The van der Waals surface area contributed by atoms with Crippen LogP contribution in [-0.4, -0.2) is 26.0 Å². The number of nitrogens with one attached hydrogen (secondary N) is 2. The Labute approximate surface area is 131 Å². The Morgan fingerprint density at radius 1 is 1.27 bits per heavy atom. The first-order valence-electron chi connectivity index (χ1n) is 6.02. The first-order valence-corrected chi connectivity index (χ1v) is 6.81. The summed E-state index contributed by atoms with van der Waals surface area (Å²) in [5.74, 6) is -1.63. The summed E-state index contributed by atoms with van der Waals surface area (Å²) in [4.78, 5) is 14.9. The summed E-state index contributed by atoms with van der Waals surface area (Å²) in [5.41, 5.74) is 3.14. The van der Waals surface area contributed by atoms with Gasteiger partial charge in [0.05, 0.1) is 16.3 Å². The number of amidine groups is 1. The van der Waals surface area contributed by atoms with Gasteiger partial charge in [-0.05, 0) is 28.1 Å². The molecule has 1 aromatic carbocycles. The Morgan fingerprint density at radius 2 is 2.09 bits per heavy atom. The molecule has 6 nitrogen and oxygen atoms in total. The third-order valence-corrected chi connectivity index (χ3v) is 3.52. The predicted octanol–water partition coefficient (Wildman–Crippen LogP) is 3.06. The Bertz CT molecular complexity index is 880. The average molecular weight is 368 g/mol. The number of hydrogen-bond donors (Lipinski definition) is 3. The van der Waals surface area contributed by atoms with Gasteiger partial charge in [-0.1, -0.05) is 0 Å². The molecule has 0 aliphatic rings. The van der Waals surface area contributed by atoms with Crippen LogP contribution in [0.25, 0.3) is 11.2 Å². The van der Waals surface area contributed by atoms with Crippen molar-refractivity contribution < 1.29 is 14.0 Å². The number of H-pyrrole nitrogens is 1. The normalized spacial score (nSPS) is 11.9. The summed E-state index contributed by atoms with van der Waals surface area (Å²) in [7, 11) is 0. The van der Waals surface area contributed by atoms with Gasteiger partial charge in [0.15, 0.2) is 17.3 Å². The maximum Gasteiger partial charge on any atom is 0.178 e. The number of nitrogens with zero attached hydrogens (tertiary/aromatic N) is 3.